The highest BCUT2D eigenvalue weighted by atomic mass is 16.5. The first-order valence-electron chi connectivity index (χ1n) is 5.04. The maximum atomic E-state index is 5.46. The van der Waals surface area contributed by atoms with E-state index in [1.54, 1.807) is 0 Å². The van der Waals surface area contributed by atoms with Crippen LogP contribution in [0.1, 0.15) is 25.5 Å². The predicted octanol–water partition coefficient (Wildman–Crippen LogP) is 2.71. The summed E-state index contributed by atoms with van der Waals surface area (Å²) in [6.45, 7) is 4.91. The van der Waals surface area contributed by atoms with Gasteiger partial charge >= 0.3 is 0 Å². The molecule has 0 radical (unpaired) electrons. The van der Waals surface area contributed by atoms with Gasteiger partial charge < -0.3 is 9.64 Å². The molecule has 78 valence electrons. The molecule has 0 aromatic heterocycles. The van der Waals surface area contributed by atoms with E-state index >= 15 is 0 Å². The topological polar surface area (TPSA) is 12.5 Å². The molecule has 0 saturated heterocycles. The van der Waals surface area contributed by atoms with E-state index in [9.17, 15) is 0 Å². The van der Waals surface area contributed by atoms with Gasteiger partial charge in [0.15, 0.2) is 0 Å². The molecule has 2 heteroatoms. The van der Waals surface area contributed by atoms with Crippen molar-refractivity contribution in [2.45, 2.75) is 19.9 Å². The van der Waals surface area contributed by atoms with E-state index in [4.69, 9.17) is 4.74 Å². The Hall–Kier alpha value is -1.02. The zero-order chi connectivity index (χ0) is 10.6. The van der Waals surface area contributed by atoms with Gasteiger partial charge in [-0.05, 0) is 45.6 Å². The summed E-state index contributed by atoms with van der Waals surface area (Å²) in [6.07, 6.45) is 0. The van der Waals surface area contributed by atoms with Gasteiger partial charge in [-0.15, -0.1) is 0 Å². The van der Waals surface area contributed by atoms with Crippen LogP contribution >= 0.6 is 0 Å². The van der Waals surface area contributed by atoms with Crippen LogP contribution in [0, 0.1) is 0 Å². The van der Waals surface area contributed by atoms with Crippen molar-refractivity contribution in [3.05, 3.63) is 29.8 Å². The lowest BCUT2D eigenvalue weighted by Crippen LogP contribution is -2.16. The average Bonchev–Trinajstić information content (AvgIpc) is 2.17. The molecule has 1 unspecified atom stereocenters. The van der Waals surface area contributed by atoms with Crippen molar-refractivity contribution in [2.75, 3.05) is 20.7 Å². The molecule has 0 bridgehead atoms. The van der Waals surface area contributed by atoms with Gasteiger partial charge in [-0.1, -0.05) is 12.1 Å². The van der Waals surface area contributed by atoms with E-state index in [1.807, 2.05) is 19.1 Å². The fourth-order valence-corrected chi connectivity index (χ4v) is 1.33. The summed E-state index contributed by atoms with van der Waals surface area (Å²) in [7, 11) is 4.16. The number of rotatable bonds is 4. The van der Waals surface area contributed by atoms with E-state index in [1.165, 1.54) is 5.56 Å². The molecule has 2 nitrogen and oxygen atoms in total. The molecule has 0 aliphatic carbocycles. The van der Waals surface area contributed by atoms with Crippen molar-refractivity contribution in [2.24, 2.45) is 0 Å². The fourth-order valence-electron chi connectivity index (χ4n) is 1.33. The van der Waals surface area contributed by atoms with Gasteiger partial charge in [0.25, 0.3) is 0 Å². The molecular formula is C12H19NO. The van der Waals surface area contributed by atoms with E-state index < -0.39 is 0 Å². The summed E-state index contributed by atoms with van der Waals surface area (Å²) in [5, 5.41) is 0. The highest BCUT2D eigenvalue weighted by Crippen LogP contribution is 2.21. The molecule has 0 amide bonds. The first-order valence-corrected chi connectivity index (χ1v) is 5.04. The SMILES string of the molecule is CCOc1cccc(C(C)N(C)C)c1. The monoisotopic (exact) mass is 193 g/mol. The second-order valence-corrected chi connectivity index (χ2v) is 3.65. The summed E-state index contributed by atoms with van der Waals surface area (Å²) in [5.74, 6) is 0.957. The molecule has 0 aliphatic heterocycles. The van der Waals surface area contributed by atoms with Gasteiger partial charge in [0.2, 0.25) is 0 Å². The minimum absolute atomic E-state index is 0.426. The summed E-state index contributed by atoms with van der Waals surface area (Å²) in [5.41, 5.74) is 1.29. The quantitative estimate of drug-likeness (QED) is 0.729. The van der Waals surface area contributed by atoms with Crippen LogP contribution in [-0.2, 0) is 0 Å². The van der Waals surface area contributed by atoms with Crippen molar-refractivity contribution < 1.29 is 4.74 Å². The van der Waals surface area contributed by atoms with Gasteiger partial charge in [-0.3, -0.25) is 0 Å². The molecule has 1 atom stereocenters. The van der Waals surface area contributed by atoms with E-state index in [-0.39, 0.29) is 0 Å². The van der Waals surface area contributed by atoms with E-state index in [2.05, 4.69) is 38.1 Å². The van der Waals surface area contributed by atoms with Crippen LogP contribution in [-0.4, -0.2) is 25.6 Å². The van der Waals surface area contributed by atoms with Crippen LogP contribution in [0.25, 0.3) is 0 Å². The molecule has 0 spiro atoms. The first-order chi connectivity index (χ1) is 6.65. The molecule has 1 rings (SSSR count). The smallest absolute Gasteiger partial charge is 0.119 e. The molecule has 0 heterocycles. The molecule has 1 aromatic carbocycles. The van der Waals surface area contributed by atoms with Crippen molar-refractivity contribution >= 4 is 0 Å². The molecule has 1 aromatic rings. The third kappa shape index (κ3) is 2.74. The Morgan fingerprint density at radius 2 is 2.07 bits per heavy atom. The van der Waals surface area contributed by atoms with Crippen LogP contribution in [0.15, 0.2) is 24.3 Å². The Kier molecular flexibility index (Phi) is 3.96. The third-order valence-electron chi connectivity index (χ3n) is 2.43. The maximum absolute atomic E-state index is 5.46. The van der Waals surface area contributed by atoms with Crippen molar-refractivity contribution in [3.63, 3.8) is 0 Å². The van der Waals surface area contributed by atoms with Crippen molar-refractivity contribution in [1.82, 2.24) is 4.90 Å². The van der Waals surface area contributed by atoms with E-state index in [0.717, 1.165) is 12.4 Å². The van der Waals surface area contributed by atoms with E-state index in [0.29, 0.717) is 6.04 Å². The summed E-state index contributed by atoms with van der Waals surface area (Å²) in [4.78, 5) is 2.19. The van der Waals surface area contributed by atoms with Gasteiger partial charge in [0, 0.05) is 6.04 Å². The fraction of sp³-hybridized carbons (Fsp3) is 0.500. The van der Waals surface area contributed by atoms with Gasteiger partial charge in [-0.2, -0.15) is 0 Å². The number of ether oxygens (including phenoxy) is 1. The third-order valence-corrected chi connectivity index (χ3v) is 2.43. The summed E-state index contributed by atoms with van der Waals surface area (Å²) in [6, 6.07) is 8.70. The van der Waals surface area contributed by atoms with Crippen LogP contribution in [0.5, 0.6) is 5.75 Å². The number of nitrogens with zero attached hydrogens (tertiary/aromatic N) is 1. The van der Waals surface area contributed by atoms with Gasteiger partial charge in [-0.25, -0.2) is 0 Å². The Bertz CT molecular complexity index is 283. The highest BCUT2D eigenvalue weighted by molar-refractivity contribution is 5.30. The zero-order valence-corrected chi connectivity index (χ0v) is 9.45. The summed E-state index contributed by atoms with van der Waals surface area (Å²) >= 11 is 0. The minimum Gasteiger partial charge on any atom is -0.494 e. The Morgan fingerprint density at radius 3 is 2.64 bits per heavy atom. The van der Waals surface area contributed by atoms with Gasteiger partial charge in [0.1, 0.15) is 5.75 Å². The van der Waals surface area contributed by atoms with Crippen molar-refractivity contribution in [3.8, 4) is 5.75 Å². The largest absolute Gasteiger partial charge is 0.494 e. The second-order valence-electron chi connectivity index (χ2n) is 3.65. The van der Waals surface area contributed by atoms with Crippen LogP contribution in [0.2, 0.25) is 0 Å². The molecule has 0 saturated carbocycles. The lowest BCUT2D eigenvalue weighted by Gasteiger charge is -2.20. The Morgan fingerprint density at radius 1 is 1.36 bits per heavy atom. The number of benzene rings is 1. The van der Waals surface area contributed by atoms with Crippen molar-refractivity contribution in [1.29, 1.82) is 0 Å². The lowest BCUT2D eigenvalue weighted by atomic mass is 10.1. The maximum Gasteiger partial charge on any atom is 0.119 e. The Balaban J connectivity index is 2.82. The predicted molar refractivity (Wildman–Crippen MR) is 59.7 cm³/mol. The summed E-state index contributed by atoms with van der Waals surface area (Å²) < 4.78 is 5.46. The molecule has 14 heavy (non-hydrogen) atoms. The van der Waals surface area contributed by atoms with Crippen LogP contribution < -0.4 is 4.74 Å². The number of hydrogen-bond acceptors (Lipinski definition) is 2. The standard InChI is InChI=1S/C12H19NO/c1-5-14-12-8-6-7-11(9-12)10(2)13(3)4/h6-10H,5H2,1-4H3. The van der Waals surface area contributed by atoms with Crippen LogP contribution in [0.3, 0.4) is 0 Å². The first kappa shape index (κ1) is 11.1. The average molecular weight is 193 g/mol. The second kappa shape index (κ2) is 5.01. The van der Waals surface area contributed by atoms with Gasteiger partial charge in [0.05, 0.1) is 6.61 Å². The number of hydrogen-bond donors (Lipinski definition) is 0. The molecule has 0 fully saturated rings. The lowest BCUT2D eigenvalue weighted by molar-refractivity contribution is 0.316. The zero-order valence-electron chi connectivity index (χ0n) is 9.45. The van der Waals surface area contributed by atoms with Crippen LogP contribution in [0.4, 0.5) is 0 Å². The highest BCUT2D eigenvalue weighted by Gasteiger charge is 2.07. The Labute approximate surface area is 86.5 Å². The minimum atomic E-state index is 0.426. The molecular weight excluding hydrogens is 174 g/mol. The normalized spacial score (nSPS) is 12.9. The molecule has 0 aliphatic rings. The molecule has 0 N–H and O–H groups in total.